The van der Waals surface area contributed by atoms with E-state index in [0.29, 0.717) is 23.3 Å². The molecule has 0 aliphatic carbocycles. The Hall–Kier alpha value is -6.93. The smallest absolute Gasteiger partial charge is 0.164 e. The summed E-state index contributed by atoms with van der Waals surface area (Å²) < 4.78 is 4.77. The quantitative estimate of drug-likeness (QED) is 0.169. The van der Waals surface area contributed by atoms with Gasteiger partial charge in [0.05, 0.1) is 15.9 Å². The average Bonchev–Trinajstić information content (AvgIpc) is 3.85. The minimum absolute atomic E-state index is 0.580. The summed E-state index contributed by atoms with van der Waals surface area (Å²) >= 11 is 3.55. The first-order valence-electron chi connectivity index (χ1n) is 18.4. The maximum atomic E-state index is 5.32. The zero-order chi connectivity index (χ0) is 37.0. The zero-order valence-electron chi connectivity index (χ0n) is 29.8. The van der Waals surface area contributed by atoms with Crippen LogP contribution in [0.2, 0.25) is 0 Å². The summed E-state index contributed by atoms with van der Waals surface area (Å²) in [5.74, 6) is 2.45. The first kappa shape index (κ1) is 32.5. The van der Waals surface area contributed by atoms with Gasteiger partial charge in [0.1, 0.15) is 0 Å². The molecule has 0 amide bonds. The van der Waals surface area contributed by atoms with Crippen LogP contribution in [0, 0.1) is 0 Å². The number of hydrogen-bond donors (Lipinski definition) is 0. The minimum Gasteiger partial charge on any atom is -0.226 e. The van der Waals surface area contributed by atoms with E-state index in [1.54, 1.807) is 11.3 Å². The van der Waals surface area contributed by atoms with E-state index in [1.165, 1.54) is 24.9 Å². The van der Waals surface area contributed by atoms with Crippen molar-refractivity contribution in [1.82, 2.24) is 24.9 Å². The van der Waals surface area contributed by atoms with E-state index >= 15 is 0 Å². The summed E-state index contributed by atoms with van der Waals surface area (Å²) in [6.07, 6.45) is 0. The molecule has 0 radical (unpaired) electrons. The summed E-state index contributed by atoms with van der Waals surface area (Å²) in [6, 6.07) is 60.9. The van der Waals surface area contributed by atoms with Gasteiger partial charge in [0.2, 0.25) is 0 Å². The SMILES string of the molecule is c1ccc(-c2nc(-c3ccccc3)nc(-c3cc(-c4nc(-c5ccccc5)c5sc6ccccc6c5n4)ccc3-c3ccc4c(c3)sc3ccccc34)n2)cc1. The molecule has 7 aromatic carbocycles. The third-order valence-electron chi connectivity index (χ3n) is 10.2. The molecule has 0 unspecified atom stereocenters. The van der Waals surface area contributed by atoms with Crippen molar-refractivity contribution in [3.63, 3.8) is 0 Å². The van der Waals surface area contributed by atoms with E-state index in [-0.39, 0.29) is 0 Å². The molecule has 0 saturated heterocycles. The zero-order valence-corrected chi connectivity index (χ0v) is 31.4. The second kappa shape index (κ2) is 13.4. The third-order valence-corrected chi connectivity index (χ3v) is 12.5. The molecule has 0 N–H and O–H groups in total. The maximum Gasteiger partial charge on any atom is 0.164 e. The second-order valence-corrected chi connectivity index (χ2v) is 15.8. The van der Waals surface area contributed by atoms with E-state index in [0.717, 1.165) is 60.2 Å². The van der Waals surface area contributed by atoms with Gasteiger partial charge in [-0.3, -0.25) is 0 Å². The highest BCUT2D eigenvalue weighted by Crippen LogP contribution is 2.42. The van der Waals surface area contributed by atoms with Crippen LogP contribution in [0.5, 0.6) is 0 Å². The highest BCUT2D eigenvalue weighted by molar-refractivity contribution is 7.26. The number of nitrogens with zero attached hydrogens (tertiary/aromatic N) is 5. The van der Waals surface area contributed by atoms with Crippen LogP contribution >= 0.6 is 22.7 Å². The van der Waals surface area contributed by atoms with Crippen LogP contribution < -0.4 is 0 Å². The summed E-state index contributed by atoms with van der Waals surface area (Å²) in [5, 5.41) is 3.65. The minimum atomic E-state index is 0.580. The molecule has 0 atom stereocenters. The molecule has 4 aromatic heterocycles. The largest absolute Gasteiger partial charge is 0.226 e. The number of fused-ring (bicyclic) bond motifs is 6. The van der Waals surface area contributed by atoms with Crippen molar-refractivity contribution < 1.29 is 0 Å². The Balaban J connectivity index is 1.18. The standard InChI is InChI=1S/C49H29N5S2/c1-4-14-30(15-5-1)43-45-44(38-21-11-13-23-41(38)56-45)51-48(50-43)34-25-26-35(33-24-27-37-36-20-10-12-22-40(36)55-42(37)29-33)39(28-34)49-53-46(31-16-6-2-7-17-31)52-47(54-49)32-18-8-3-9-19-32/h1-29H. The Kier molecular flexibility index (Phi) is 7.79. The molecular weight excluding hydrogens is 723 g/mol. The first-order valence-corrected chi connectivity index (χ1v) is 20.0. The van der Waals surface area contributed by atoms with Gasteiger partial charge >= 0.3 is 0 Å². The van der Waals surface area contributed by atoms with E-state index in [1.807, 2.05) is 78.1 Å². The van der Waals surface area contributed by atoms with Crippen LogP contribution in [-0.4, -0.2) is 24.9 Å². The predicted molar refractivity (Wildman–Crippen MR) is 234 cm³/mol. The molecule has 262 valence electrons. The summed E-state index contributed by atoms with van der Waals surface area (Å²) in [4.78, 5) is 26.0. The number of hydrogen-bond acceptors (Lipinski definition) is 7. The van der Waals surface area contributed by atoms with Crippen molar-refractivity contribution in [2.45, 2.75) is 0 Å². The molecule has 0 aliphatic rings. The molecule has 56 heavy (non-hydrogen) atoms. The fraction of sp³-hybridized carbons (Fsp3) is 0. The lowest BCUT2D eigenvalue weighted by atomic mass is 9.95. The number of aromatic nitrogens is 5. The average molecular weight is 752 g/mol. The molecule has 7 heteroatoms. The lowest BCUT2D eigenvalue weighted by molar-refractivity contribution is 1.07. The van der Waals surface area contributed by atoms with E-state index in [9.17, 15) is 0 Å². The maximum absolute atomic E-state index is 5.32. The van der Waals surface area contributed by atoms with Crippen molar-refractivity contribution in [1.29, 1.82) is 0 Å². The van der Waals surface area contributed by atoms with Gasteiger partial charge in [0.15, 0.2) is 23.3 Å². The Morgan fingerprint density at radius 2 is 0.839 bits per heavy atom. The highest BCUT2D eigenvalue weighted by atomic mass is 32.1. The van der Waals surface area contributed by atoms with Crippen molar-refractivity contribution >= 4 is 63.1 Å². The van der Waals surface area contributed by atoms with Gasteiger partial charge in [0, 0.05) is 58.1 Å². The van der Waals surface area contributed by atoms with Gasteiger partial charge in [-0.05, 0) is 35.4 Å². The molecule has 0 aliphatic heterocycles. The Morgan fingerprint density at radius 3 is 1.54 bits per heavy atom. The fourth-order valence-corrected chi connectivity index (χ4v) is 9.75. The monoisotopic (exact) mass is 751 g/mol. The third kappa shape index (κ3) is 5.64. The number of benzene rings is 7. The van der Waals surface area contributed by atoms with Gasteiger partial charge in [-0.1, -0.05) is 152 Å². The summed E-state index contributed by atoms with van der Waals surface area (Å²) in [5.41, 5.74) is 8.62. The number of rotatable bonds is 6. The lowest BCUT2D eigenvalue weighted by Gasteiger charge is -2.14. The van der Waals surface area contributed by atoms with Gasteiger partial charge < -0.3 is 0 Å². The topological polar surface area (TPSA) is 64.5 Å². The highest BCUT2D eigenvalue weighted by Gasteiger charge is 2.21. The molecule has 11 rings (SSSR count). The van der Waals surface area contributed by atoms with E-state index in [4.69, 9.17) is 24.9 Å². The molecule has 0 fully saturated rings. The van der Waals surface area contributed by atoms with Gasteiger partial charge in [-0.2, -0.15) is 0 Å². The van der Waals surface area contributed by atoms with Crippen LogP contribution in [0.1, 0.15) is 0 Å². The van der Waals surface area contributed by atoms with Crippen molar-refractivity contribution in [3.05, 3.63) is 176 Å². The van der Waals surface area contributed by atoms with Gasteiger partial charge in [-0.25, -0.2) is 24.9 Å². The van der Waals surface area contributed by atoms with E-state index < -0.39 is 0 Å². The summed E-state index contributed by atoms with van der Waals surface area (Å²) in [7, 11) is 0. The van der Waals surface area contributed by atoms with Gasteiger partial charge in [-0.15, -0.1) is 22.7 Å². The Labute approximate surface area is 330 Å². The van der Waals surface area contributed by atoms with Crippen LogP contribution in [0.15, 0.2) is 176 Å². The normalized spacial score (nSPS) is 11.6. The summed E-state index contributed by atoms with van der Waals surface area (Å²) in [6.45, 7) is 0. The molecular formula is C49H29N5S2. The van der Waals surface area contributed by atoms with Crippen LogP contribution in [0.3, 0.4) is 0 Å². The first-order chi connectivity index (χ1) is 27.7. The van der Waals surface area contributed by atoms with E-state index in [2.05, 4.69) is 109 Å². The molecule has 4 heterocycles. The Morgan fingerprint density at radius 1 is 0.304 bits per heavy atom. The van der Waals surface area contributed by atoms with Crippen LogP contribution in [-0.2, 0) is 0 Å². The van der Waals surface area contributed by atoms with Crippen molar-refractivity contribution in [2.24, 2.45) is 0 Å². The Bertz CT molecular complexity index is 3190. The van der Waals surface area contributed by atoms with Crippen LogP contribution in [0.4, 0.5) is 0 Å². The van der Waals surface area contributed by atoms with Crippen molar-refractivity contribution in [3.8, 4) is 67.9 Å². The van der Waals surface area contributed by atoms with Crippen molar-refractivity contribution in [2.75, 3.05) is 0 Å². The lowest BCUT2D eigenvalue weighted by Crippen LogP contribution is -2.02. The predicted octanol–water partition coefficient (Wildman–Crippen LogP) is 13.4. The molecule has 0 spiro atoms. The molecule has 11 aromatic rings. The molecule has 0 saturated carbocycles. The van der Waals surface area contributed by atoms with Gasteiger partial charge in [0.25, 0.3) is 0 Å². The molecule has 5 nitrogen and oxygen atoms in total. The number of thiophene rings is 2. The fourth-order valence-electron chi connectivity index (χ4n) is 7.45. The second-order valence-electron chi connectivity index (χ2n) is 13.6. The molecule has 0 bridgehead atoms. The van der Waals surface area contributed by atoms with Crippen LogP contribution in [0.25, 0.3) is 108 Å².